The first-order chi connectivity index (χ1) is 12.8. The maximum atomic E-state index is 12.7. The fourth-order valence-corrected chi connectivity index (χ4v) is 2.91. The van der Waals surface area contributed by atoms with Crippen LogP contribution in [0.4, 0.5) is 5.69 Å². The van der Waals surface area contributed by atoms with Crippen LogP contribution in [0.2, 0.25) is 0 Å². The first-order valence-electron chi connectivity index (χ1n) is 8.74. The highest BCUT2D eigenvalue weighted by Gasteiger charge is 2.25. The maximum Gasteiger partial charge on any atom is 0.323 e. The van der Waals surface area contributed by atoms with Crippen molar-refractivity contribution in [1.82, 2.24) is 15.3 Å². The Bertz CT molecular complexity index is 1050. The van der Waals surface area contributed by atoms with Gasteiger partial charge in [-0.3, -0.25) is 9.59 Å². The van der Waals surface area contributed by atoms with E-state index in [4.69, 9.17) is 0 Å². The molecule has 7 heteroatoms. The summed E-state index contributed by atoms with van der Waals surface area (Å²) in [5, 5.41) is 5.63. The van der Waals surface area contributed by atoms with Crippen molar-refractivity contribution in [3.63, 3.8) is 0 Å². The second kappa shape index (κ2) is 7.49. The standard InChI is InChI=1S/C20H22N4O3/c1-11(2)17(24-18(25)14-7-5-4-6-12(14)3)19(26)21-13-8-9-15-16(10-13)23-20(27)22-15/h4-11,17H,1-3H3,(H,21,26)(H,24,25)(H2,22,23,27)/t17-/m0/s1. The minimum atomic E-state index is -0.696. The summed E-state index contributed by atoms with van der Waals surface area (Å²) in [7, 11) is 0. The van der Waals surface area contributed by atoms with Gasteiger partial charge in [-0.05, 0) is 42.7 Å². The Kier molecular flexibility index (Phi) is 5.12. The molecule has 0 bridgehead atoms. The number of rotatable bonds is 5. The topological polar surface area (TPSA) is 107 Å². The van der Waals surface area contributed by atoms with Crippen molar-refractivity contribution in [1.29, 1.82) is 0 Å². The van der Waals surface area contributed by atoms with E-state index < -0.39 is 6.04 Å². The summed E-state index contributed by atoms with van der Waals surface area (Å²) in [5.74, 6) is -0.703. The summed E-state index contributed by atoms with van der Waals surface area (Å²) in [4.78, 5) is 42.0. The van der Waals surface area contributed by atoms with Gasteiger partial charge in [0.25, 0.3) is 5.91 Å². The van der Waals surface area contributed by atoms with Gasteiger partial charge in [-0.2, -0.15) is 0 Å². The van der Waals surface area contributed by atoms with Gasteiger partial charge in [0.1, 0.15) is 6.04 Å². The highest BCUT2D eigenvalue weighted by atomic mass is 16.2. The predicted molar refractivity (Wildman–Crippen MR) is 105 cm³/mol. The van der Waals surface area contributed by atoms with Gasteiger partial charge in [0.15, 0.2) is 0 Å². The van der Waals surface area contributed by atoms with Crippen LogP contribution in [0.5, 0.6) is 0 Å². The van der Waals surface area contributed by atoms with Gasteiger partial charge in [0, 0.05) is 11.3 Å². The van der Waals surface area contributed by atoms with Gasteiger partial charge in [0.05, 0.1) is 11.0 Å². The quantitative estimate of drug-likeness (QED) is 0.557. The molecule has 0 fully saturated rings. The molecule has 4 N–H and O–H groups in total. The van der Waals surface area contributed by atoms with E-state index in [0.29, 0.717) is 22.3 Å². The van der Waals surface area contributed by atoms with Crippen LogP contribution in [0.25, 0.3) is 11.0 Å². The molecule has 0 aliphatic heterocycles. The minimum Gasteiger partial charge on any atom is -0.340 e. The number of imidazole rings is 1. The van der Waals surface area contributed by atoms with Crippen LogP contribution in [0.15, 0.2) is 47.3 Å². The fraction of sp³-hybridized carbons (Fsp3) is 0.250. The Hall–Kier alpha value is -3.35. The lowest BCUT2D eigenvalue weighted by Crippen LogP contribution is -2.47. The largest absolute Gasteiger partial charge is 0.340 e. The summed E-state index contributed by atoms with van der Waals surface area (Å²) >= 11 is 0. The third kappa shape index (κ3) is 4.08. The van der Waals surface area contributed by atoms with Gasteiger partial charge in [-0.15, -0.1) is 0 Å². The van der Waals surface area contributed by atoms with Gasteiger partial charge < -0.3 is 20.6 Å². The van der Waals surface area contributed by atoms with Gasteiger partial charge in [-0.1, -0.05) is 32.0 Å². The van der Waals surface area contributed by atoms with Gasteiger partial charge >= 0.3 is 5.69 Å². The van der Waals surface area contributed by atoms with Crippen LogP contribution in [0.3, 0.4) is 0 Å². The third-order valence-electron chi connectivity index (χ3n) is 4.41. The van der Waals surface area contributed by atoms with Crippen molar-refractivity contribution in [2.45, 2.75) is 26.8 Å². The molecule has 2 aromatic carbocycles. The fourth-order valence-electron chi connectivity index (χ4n) is 2.91. The molecule has 0 aliphatic rings. The summed E-state index contributed by atoms with van der Waals surface area (Å²) in [6.07, 6.45) is 0. The number of fused-ring (bicyclic) bond motifs is 1. The molecule has 0 radical (unpaired) electrons. The van der Waals surface area contributed by atoms with E-state index in [0.717, 1.165) is 5.56 Å². The normalized spacial score (nSPS) is 12.1. The summed E-state index contributed by atoms with van der Waals surface area (Å²) in [6, 6.07) is 11.6. The smallest absolute Gasteiger partial charge is 0.323 e. The first-order valence-corrected chi connectivity index (χ1v) is 8.74. The highest BCUT2D eigenvalue weighted by Crippen LogP contribution is 2.16. The van der Waals surface area contributed by atoms with Crippen LogP contribution in [-0.2, 0) is 4.79 Å². The zero-order valence-corrected chi connectivity index (χ0v) is 15.4. The molecule has 1 aromatic heterocycles. The molecule has 7 nitrogen and oxygen atoms in total. The molecular weight excluding hydrogens is 344 g/mol. The maximum absolute atomic E-state index is 12.7. The number of nitrogens with one attached hydrogen (secondary N) is 4. The number of amides is 2. The molecule has 2 amide bonds. The molecule has 3 aromatic rings. The van der Waals surface area contributed by atoms with Crippen LogP contribution >= 0.6 is 0 Å². The molecule has 1 atom stereocenters. The van der Waals surface area contributed by atoms with E-state index in [1.54, 1.807) is 30.3 Å². The molecule has 0 spiro atoms. The van der Waals surface area contributed by atoms with Crippen molar-refractivity contribution in [3.05, 3.63) is 64.1 Å². The van der Waals surface area contributed by atoms with Crippen LogP contribution in [0, 0.1) is 12.8 Å². The molecule has 1 heterocycles. The summed E-state index contributed by atoms with van der Waals surface area (Å²) in [5.41, 5.74) is 2.88. The second-order valence-electron chi connectivity index (χ2n) is 6.84. The summed E-state index contributed by atoms with van der Waals surface area (Å²) < 4.78 is 0. The van der Waals surface area contributed by atoms with Crippen LogP contribution in [-0.4, -0.2) is 27.8 Å². The van der Waals surface area contributed by atoms with E-state index in [9.17, 15) is 14.4 Å². The van der Waals surface area contributed by atoms with Crippen LogP contribution in [0.1, 0.15) is 29.8 Å². The zero-order valence-electron chi connectivity index (χ0n) is 15.4. The van der Waals surface area contributed by atoms with E-state index in [2.05, 4.69) is 20.6 Å². The lowest BCUT2D eigenvalue weighted by Gasteiger charge is -2.22. The Balaban J connectivity index is 1.77. The lowest BCUT2D eigenvalue weighted by molar-refractivity contribution is -0.118. The lowest BCUT2D eigenvalue weighted by atomic mass is 10.0. The summed E-state index contributed by atoms with van der Waals surface area (Å²) in [6.45, 7) is 5.59. The van der Waals surface area contributed by atoms with E-state index in [-0.39, 0.29) is 23.4 Å². The SMILES string of the molecule is Cc1ccccc1C(=O)N[C@H](C(=O)Nc1ccc2[nH]c(=O)[nH]c2c1)C(C)C. The molecule has 0 unspecified atom stereocenters. The zero-order chi connectivity index (χ0) is 19.6. The van der Waals surface area contributed by atoms with Gasteiger partial charge in [-0.25, -0.2) is 4.79 Å². The minimum absolute atomic E-state index is 0.103. The van der Waals surface area contributed by atoms with Crippen molar-refractivity contribution >= 4 is 28.5 Å². The van der Waals surface area contributed by atoms with E-state index in [1.165, 1.54) is 0 Å². The number of carbonyl (C=O) groups is 2. The Labute approximate surface area is 156 Å². The number of aromatic amines is 2. The molecule has 27 heavy (non-hydrogen) atoms. The molecule has 140 valence electrons. The second-order valence-corrected chi connectivity index (χ2v) is 6.84. The number of anilines is 1. The van der Waals surface area contributed by atoms with E-state index in [1.807, 2.05) is 32.9 Å². The van der Waals surface area contributed by atoms with Crippen molar-refractivity contribution < 1.29 is 9.59 Å². The number of benzene rings is 2. The predicted octanol–water partition coefficient (Wildman–Crippen LogP) is 2.56. The average molecular weight is 366 g/mol. The molecule has 0 aliphatic carbocycles. The van der Waals surface area contributed by atoms with Crippen molar-refractivity contribution in [2.75, 3.05) is 5.32 Å². The third-order valence-corrected chi connectivity index (χ3v) is 4.41. The average Bonchev–Trinajstić information content (AvgIpc) is 2.98. The number of hydrogen-bond acceptors (Lipinski definition) is 3. The monoisotopic (exact) mass is 366 g/mol. The van der Waals surface area contributed by atoms with E-state index >= 15 is 0 Å². The molecule has 0 saturated heterocycles. The number of hydrogen-bond donors (Lipinski definition) is 4. The number of aromatic nitrogens is 2. The Morgan fingerprint density at radius 3 is 2.41 bits per heavy atom. The highest BCUT2D eigenvalue weighted by molar-refractivity contribution is 6.02. The number of carbonyl (C=O) groups excluding carboxylic acids is 2. The Morgan fingerprint density at radius 1 is 1.00 bits per heavy atom. The van der Waals surface area contributed by atoms with Gasteiger partial charge in [0.2, 0.25) is 5.91 Å². The number of aryl methyl sites for hydroxylation is 1. The Morgan fingerprint density at radius 2 is 1.70 bits per heavy atom. The van der Waals surface area contributed by atoms with Crippen molar-refractivity contribution in [3.8, 4) is 0 Å². The molecular formula is C20H22N4O3. The molecule has 3 rings (SSSR count). The molecule has 0 saturated carbocycles. The van der Waals surface area contributed by atoms with Crippen LogP contribution < -0.4 is 16.3 Å². The number of H-pyrrole nitrogens is 2. The first kappa shape index (κ1) is 18.4. The van der Waals surface area contributed by atoms with Crippen molar-refractivity contribution in [2.24, 2.45) is 5.92 Å².